The van der Waals surface area contributed by atoms with Crippen molar-refractivity contribution in [3.05, 3.63) is 5.56 Å². The van der Waals surface area contributed by atoms with E-state index in [4.69, 9.17) is 5.73 Å². The van der Waals surface area contributed by atoms with Gasteiger partial charge in [0, 0.05) is 6.04 Å². The monoisotopic (exact) mass is 289 g/mol. The predicted octanol–water partition coefficient (Wildman–Crippen LogP) is 2.17. The predicted molar refractivity (Wildman–Crippen MR) is 80.7 cm³/mol. The Labute approximate surface area is 124 Å². The van der Waals surface area contributed by atoms with Gasteiger partial charge in [0.25, 0.3) is 0 Å². The molecule has 1 heterocycles. The lowest BCUT2D eigenvalue weighted by Gasteiger charge is -2.26. The first kappa shape index (κ1) is 14.2. The van der Waals surface area contributed by atoms with Gasteiger partial charge in [0.1, 0.15) is 17.5 Å². The van der Waals surface area contributed by atoms with Crippen LogP contribution < -0.4 is 11.1 Å². The van der Waals surface area contributed by atoms with Crippen molar-refractivity contribution in [3.63, 3.8) is 0 Å². The molecule has 2 saturated carbocycles. The molecule has 1 aromatic heterocycles. The number of hydrogen-bond donors (Lipinski definition) is 3. The van der Waals surface area contributed by atoms with Crippen LogP contribution >= 0.6 is 0 Å². The van der Waals surface area contributed by atoms with E-state index in [-0.39, 0.29) is 12.1 Å². The number of anilines is 2. The average Bonchev–Trinajstić information content (AvgIpc) is 3.09. The summed E-state index contributed by atoms with van der Waals surface area (Å²) in [6.07, 6.45) is 7.82. The Balaban J connectivity index is 1.78. The Hall–Kier alpha value is -1.74. The number of nitrogen functional groups attached to an aromatic ring is 1. The van der Waals surface area contributed by atoms with Crippen LogP contribution in [0.3, 0.4) is 0 Å². The number of nitriles is 1. The maximum absolute atomic E-state index is 9.57. The van der Waals surface area contributed by atoms with E-state index in [1.165, 1.54) is 12.8 Å². The summed E-state index contributed by atoms with van der Waals surface area (Å²) in [5, 5.41) is 26.9. The Bertz CT molecular complexity index is 533. The highest BCUT2D eigenvalue weighted by molar-refractivity contribution is 5.64. The molecule has 6 heteroatoms. The van der Waals surface area contributed by atoms with Gasteiger partial charge in [-0.25, -0.2) is 4.68 Å². The fourth-order valence-corrected chi connectivity index (χ4v) is 3.50. The average molecular weight is 289 g/mol. The minimum absolute atomic E-state index is 0.181. The molecule has 0 saturated heterocycles. The van der Waals surface area contributed by atoms with Gasteiger partial charge < -0.3 is 16.2 Å². The van der Waals surface area contributed by atoms with Crippen LogP contribution in [0.1, 0.15) is 63.0 Å². The summed E-state index contributed by atoms with van der Waals surface area (Å²) in [6, 6.07) is 2.79. The summed E-state index contributed by atoms with van der Waals surface area (Å²) in [5.74, 6) is 1.10. The lowest BCUT2D eigenvalue weighted by atomic mass is 9.93. The number of nitrogens with one attached hydrogen (secondary N) is 1. The normalized spacial score (nSPS) is 26.7. The van der Waals surface area contributed by atoms with Gasteiger partial charge >= 0.3 is 0 Å². The molecule has 0 atom stereocenters. The molecule has 1 aromatic rings. The third-order valence-electron chi connectivity index (χ3n) is 4.77. The summed E-state index contributed by atoms with van der Waals surface area (Å²) in [5.41, 5.74) is 6.59. The molecule has 0 unspecified atom stereocenters. The van der Waals surface area contributed by atoms with Gasteiger partial charge in [0.2, 0.25) is 0 Å². The van der Waals surface area contributed by atoms with Gasteiger partial charge in [0.15, 0.2) is 5.82 Å². The van der Waals surface area contributed by atoms with Crippen LogP contribution in [0.25, 0.3) is 0 Å². The summed E-state index contributed by atoms with van der Waals surface area (Å²) < 4.78 is 1.84. The smallest absolute Gasteiger partial charge is 0.168 e. The SMILES string of the molecule is N#Cc1c(NC2CCC(O)CC2)nn(C2CCCC2)c1N. The van der Waals surface area contributed by atoms with Gasteiger partial charge in [0.05, 0.1) is 12.1 Å². The standard InChI is InChI=1S/C15H23N5O/c16-9-13-14(17)20(11-3-1-2-4-11)19-15(13)18-10-5-7-12(21)8-6-10/h10-12,21H,1-8,17H2,(H,18,19). The van der Waals surface area contributed by atoms with Crippen LogP contribution in [0.4, 0.5) is 11.6 Å². The van der Waals surface area contributed by atoms with Crippen LogP contribution in [0, 0.1) is 11.3 Å². The zero-order valence-corrected chi connectivity index (χ0v) is 12.3. The molecular formula is C15H23N5O. The van der Waals surface area contributed by atoms with E-state index >= 15 is 0 Å². The second-order valence-electron chi connectivity index (χ2n) is 6.25. The Kier molecular flexibility index (Phi) is 4.02. The molecule has 2 aliphatic rings. The van der Waals surface area contributed by atoms with E-state index in [2.05, 4.69) is 16.5 Å². The van der Waals surface area contributed by atoms with Crippen molar-refractivity contribution in [2.75, 3.05) is 11.1 Å². The molecule has 0 aliphatic heterocycles. The van der Waals surface area contributed by atoms with Gasteiger partial charge in [-0.1, -0.05) is 12.8 Å². The van der Waals surface area contributed by atoms with Crippen molar-refractivity contribution in [1.29, 1.82) is 5.26 Å². The number of nitrogens with two attached hydrogens (primary N) is 1. The number of hydrogen-bond acceptors (Lipinski definition) is 5. The van der Waals surface area contributed by atoms with Crippen LogP contribution in [0.5, 0.6) is 0 Å². The third kappa shape index (κ3) is 2.84. The van der Waals surface area contributed by atoms with Gasteiger partial charge in [-0.3, -0.25) is 0 Å². The largest absolute Gasteiger partial charge is 0.393 e. The van der Waals surface area contributed by atoms with Crippen molar-refractivity contribution in [3.8, 4) is 6.07 Å². The first-order chi connectivity index (χ1) is 10.2. The molecule has 0 bridgehead atoms. The highest BCUT2D eigenvalue weighted by Gasteiger charge is 2.26. The maximum atomic E-state index is 9.57. The zero-order valence-electron chi connectivity index (χ0n) is 12.3. The lowest BCUT2D eigenvalue weighted by Crippen LogP contribution is -2.28. The van der Waals surface area contributed by atoms with E-state index in [1.807, 2.05) is 4.68 Å². The summed E-state index contributed by atoms with van der Waals surface area (Å²) in [4.78, 5) is 0. The van der Waals surface area contributed by atoms with Crippen molar-refractivity contribution in [2.24, 2.45) is 0 Å². The quantitative estimate of drug-likeness (QED) is 0.791. The molecule has 4 N–H and O–H groups in total. The first-order valence-corrected chi connectivity index (χ1v) is 7.91. The van der Waals surface area contributed by atoms with Gasteiger partial charge in [-0.15, -0.1) is 0 Å². The van der Waals surface area contributed by atoms with E-state index in [0.29, 0.717) is 23.2 Å². The number of aromatic nitrogens is 2. The molecule has 3 rings (SSSR count). The van der Waals surface area contributed by atoms with Crippen molar-refractivity contribution >= 4 is 11.6 Å². The van der Waals surface area contributed by atoms with E-state index in [1.54, 1.807) is 0 Å². The van der Waals surface area contributed by atoms with Gasteiger partial charge in [-0.2, -0.15) is 10.4 Å². The van der Waals surface area contributed by atoms with Crippen LogP contribution in [-0.2, 0) is 0 Å². The van der Waals surface area contributed by atoms with E-state index < -0.39 is 0 Å². The molecule has 21 heavy (non-hydrogen) atoms. The molecular weight excluding hydrogens is 266 g/mol. The van der Waals surface area contributed by atoms with Crippen LogP contribution in [-0.4, -0.2) is 27.0 Å². The molecule has 0 spiro atoms. The number of aliphatic hydroxyl groups is 1. The highest BCUT2D eigenvalue weighted by Crippen LogP contribution is 2.34. The third-order valence-corrected chi connectivity index (χ3v) is 4.77. The Morgan fingerprint density at radius 2 is 1.86 bits per heavy atom. The number of nitrogens with zero attached hydrogens (tertiary/aromatic N) is 3. The minimum atomic E-state index is -0.181. The zero-order chi connectivity index (χ0) is 14.8. The molecule has 114 valence electrons. The molecule has 0 radical (unpaired) electrons. The topological polar surface area (TPSA) is 99.9 Å². The molecule has 0 aromatic carbocycles. The van der Waals surface area contributed by atoms with Crippen molar-refractivity contribution in [2.45, 2.75) is 69.6 Å². The first-order valence-electron chi connectivity index (χ1n) is 7.91. The van der Waals surface area contributed by atoms with E-state index in [0.717, 1.165) is 38.5 Å². The lowest BCUT2D eigenvalue weighted by molar-refractivity contribution is 0.126. The minimum Gasteiger partial charge on any atom is -0.393 e. The fraction of sp³-hybridized carbons (Fsp3) is 0.733. The summed E-state index contributed by atoms with van der Waals surface area (Å²) in [6.45, 7) is 0. The van der Waals surface area contributed by atoms with Crippen LogP contribution in [0.2, 0.25) is 0 Å². The number of aliphatic hydroxyl groups excluding tert-OH is 1. The van der Waals surface area contributed by atoms with Crippen molar-refractivity contribution < 1.29 is 5.11 Å². The second kappa shape index (κ2) is 5.94. The highest BCUT2D eigenvalue weighted by atomic mass is 16.3. The van der Waals surface area contributed by atoms with E-state index in [9.17, 15) is 10.4 Å². The molecule has 0 amide bonds. The Morgan fingerprint density at radius 1 is 1.19 bits per heavy atom. The summed E-state index contributed by atoms with van der Waals surface area (Å²) >= 11 is 0. The molecule has 2 fully saturated rings. The van der Waals surface area contributed by atoms with Gasteiger partial charge in [-0.05, 0) is 38.5 Å². The Morgan fingerprint density at radius 3 is 2.48 bits per heavy atom. The number of rotatable bonds is 3. The van der Waals surface area contributed by atoms with Crippen molar-refractivity contribution in [1.82, 2.24) is 9.78 Å². The second-order valence-corrected chi connectivity index (χ2v) is 6.25. The maximum Gasteiger partial charge on any atom is 0.168 e. The molecule has 6 nitrogen and oxygen atoms in total. The summed E-state index contributed by atoms with van der Waals surface area (Å²) in [7, 11) is 0. The molecule has 2 aliphatic carbocycles. The van der Waals surface area contributed by atoms with Crippen LogP contribution in [0.15, 0.2) is 0 Å². The fourth-order valence-electron chi connectivity index (χ4n) is 3.50.